The maximum Gasteiger partial charge on any atom is 0.322 e. The highest BCUT2D eigenvalue weighted by molar-refractivity contribution is 14.1. The fourth-order valence-corrected chi connectivity index (χ4v) is 4.21. The lowest BCUT2D eigenvalue weighted by Gasteiger charge is -2.35. The van der Waals surface area contributed by atoms with Gasteiger partial charge in [-0.2, -0.15) is 5.10 Å². The Bertz CT molecular complexity index is 935. The van der Waals surface area contributed by atoms with Crippen molar-refractivity contribution in [3.8, 4) is 0 Å². The molecule has 25 heavy (non-hydrogen) atoms. The van der Waals surface area contributed by atoms with Crippen molar-refractivity contribution in [1.29, 1.82) is 0 Å². The van der Waals surface area contributed by atoms with Gasteiger partial charge in [-0.1, -0.05) is 11.6 Å². The minimum atomic E-state index is -0.533. The van der Waals surface area contributed by atoms with E-state index < -0.39 is 5.82 Å². The number of benzene rings is 1. The van der Waals surface area contributed by atoms with E-state index in [0.29, 0.717) is 20.7 Å². The Morgan fingerprint density at radius 3 is 3.00 bits per heavy atom. The van der Waals surface area contributed by atoms with Crippen molar-refractivity contribution in [2.75, 3.05) is 5.32 Å². The third-order valence-corrected chi connectivity index (χ3v) is 6.20. The number of anilines is 1. The van der Waals surface area contributed by atoms with E-state index in [1.807, 2.05) is 22.6 Å². The monoisotopic (exact) mass is 474 g/mol. The molecule has 0 aliphatic carbocycles. The molecule has 2 aliphatic rings. The van der Waals surface area contributed by atoms with Crippen LogP contribution in [0.5, 0.6) is 0 Å². The van der Waals surface area contributed by atoms with E-state index in [1.165, 1.54) is 12.1 Å². The van der Waals surface area contributed by atoms with Crippen molar-refractivity contribution in [2.45, 2.75) is 31.3 Å². The summed E-state index contributed by atoms with van der Waals surface area (Å²) in [5.41, 5.74) is 1.40. The van der Waals surface area contributed by atoms with Crippen molar-refractivity contribution in [3.63, 3.8) is 0 Å². The number of nitrogens with zero attached hydrogens (tertiary/aromatic N) is 2. The van der Waals surface area contributed by atoms with Gasteiger partial charge in [0.1, 0.15) is 5.82 Å². The highest BCUT2D eigenvalue weighted by Gasteiger charge is 2.44. The molecule has 4 rings (SSSR count). The van der Waals surface area contributed by atoms with Crippen molar-refractivity contribution < 1.29 is 9.18 Å². The molecule has 130 valence electrons. The van der Waals surface area contributed by atoms with E-state index in [0.717, 1.165) is 18.4 Å². The summed E-state index contributed by atoms with van der Waals surface area (Å²) in [5.74, 6) is -0.533. The Morgan fingerprint density at radius 2 is 2.20 bits per heavy atom. The number of amides is 2. The number of hydrogen-bond acceptors (Lipinski definition) is 3. The molecule has 1 aromatic carbocycles. The number of nitrogens with one attached hydrogen (secondary N) is 2. The van der Waals surface area contributed by atoms with Gasteiger partial charge in [-0.15, -0.1) is 0 Å². The van der Waals surface area contributed by atoms with Crippen molar-refractivity contribution >= 4 is 45.9 Å². The summed E-state index contributed by atoms with van der Waals surface area (Å²) in [6, 6.07) is 3.61. The number of aromatic amines is 1. The number of fused-ring (bicyclic) bond motifs is 4. The van der Waals surface area contributed by atoms with Gasteiger partial charge in [0.05, 0.1) is 22.4 Å². The van der Waals surface area contributed by atoms with Gasteiger partial charge < -0.3 is 10.2 Å². The second-order valence-corrected chi connectivity index (χ2v) is 7.75. The summed E-state index contributed by atoms with van der Waals surface area (Å²) in [7, 11) is 0. The zero-order chi connectivity index (χ0) is 17.7. The lowest BCUT2D eigenvalue weighted by molar-refractivity contribution is 0.177. The molecule has 2 N–H and O–H groups in total. The van der Waals surface area contributed by atoms with Gasteiger partial charge in [0.2, 0.25) is 0 Å². The molecule has 1 saturated heterocycles. The molecular formula is C16H13ClFIN4O2. The minimum Gasteiger partial charge on any atom is -0.313 e. The van der Waals surface area contributed by atoms with E-state index in [2.05, 4.69) is 15.5 Å². The van der Waals surface area contributed by atoms with Gasteiger partial charge in [0.15, 0.2) is 0 Å². The number of carbonyl (C=O) groups excluding carboxylic acids is 1. The van der Waals surface area contributed by atoms with Gasteiger partial charge in [-0.3, -0.25) is 4.79 Å². The number of hydrogen-bond donors (Lipinski definition) is 2. The highest BCUT2D eigenvalue weighted by atomic mass is 127. The molecule has 9 heteroatoms. The zero-order valence-corrected chi connectivity index (χ0v) is 15.8. The van der Waals surface area contributed by atoms with Crippen LogP contribution in [0.15, 0.2) is 23.0 Å². The predicted octanol–water partition coefficient (Wildman–Crippen LogP) is 3.46. The smallest absolute Gasteiger partial charge is 0.313 e. The van der Waals surface area contributed by atoms with E-state index in [4.69, 9.17) is 11.6 Å². The molecular weight excluding hydrogens is 462 g/mol. The lowest BCUT2D eigenvalue weighted by Crippen LogP contribution is -2.45. The van der Waals surface area contributed by atoms with Gasteiger partial charge in [0, 0.05) is 15.7 Å². The van der Waals surface area contributed by atoms with Crippen LogP contribution in [0.4, 0.5) is 14.9 Å². The van der Waals surface area contributed by atoms with Crippen LogP contribution in [0.3, 0.4) is 0 Å². The molecule has 2 bridgehead atoms. The third-order valence-electron chi connectivity index (χ3n) is 4.68. The average molecular weight is 475 g/mol. The molecule has 2 aliphatic heterocycles. The number of H-pyrrole nitrogens is 1. The maximum atomic E-state index is 14.1. The summed E-state index contributed by atoms with van der Waals surface area (Å²) in [6.07, 6.45) is 2.16. The van der Waals surface area contributed by atoms with Crippen LogP contribution >= 0.6 is 34.2 Å². The van der Waals surface area contributed by atoms with Crippen LogP contribution in [0.1, 0.15) is 30.1 Å². The zero-order valence-electron chi connectivity index (χ0n) is 12.9. The molecule has 0 spiro atoms. The van der Waals surface area contributed by atoms with Crippen LogP contribution in [0.25, 0.3) is 0 Å². The van der Waals surface area contributed by atoms with E-state index in [-0.39, 0.29) is 29.4 Å². The van der Waals surface area contributed by atoms with E-state index in [1.54, 1.807) is 11.0 Å². The fourth-order valence-electron chi connectivity index (χ4n) is 3.61. The second-order valence-electron chi connectivity index (χ2n) is 6.18. The number of urea groups is 1. The first-order valence-electron chi connectivity index (χ1n) is 7.76. The fraction of sp³-hybridized carbons (Fsp3) is 0.312. The molecule has 2 aromatic rings. The van der Waals surface area contributed by atoms with Gasteiger partial charge >= 0.3 is 6.03 Å². The molecule has 2 unspecified atom stereocenters. The molecule has 2 amide bonds. The van der Waals surface area contributed by atoms with Gasteiger partial charge in [-0.25, -0.2) is 14.3 Å². The first-order chi connectivity index (χ1) is 11.9. The van der Waals surface area contributed by atoms with E-state index >= 15 is 0 Å². The molecule has 0 radical (unpaired) electrons. The Balaban J connectivity index is 1.63. The van der Waals surface area contributed by atoms with Gasteiger partial charge in [-0.05, 0) is 59.5 Å². The lowest BCUT2D eigenvalue weighted by atomic mass is 9.99. The average Bonchev–Trinajstić information content (AvgIpc) is 2.88. The predicted molar refractivity (Wildman–Crippen MR) is 99.3 cm³/mol. The number of halogens is 3. The Labute approximate surface area is 160 Å². The molecule has 0 saturated carbocycles. The summed E-state index contributed by atoms with van der Waals surface area (Å²) in [5, 5.41) is 9.55. The number of carbonyl (C=O) groups is 1. The summed E-state index contributed by atoms with van der Waals surface area (Å²) < 4.78 is 14.7. The largest absolute Gasteiger partial charge is 0.322 e. The number of aromatic nitrogens is 2. The molecule has 1 aromatic heterocycles. The summed E-state index contributed by atoms with van der Waals surface area (Å²) >= 11 is 7.95. The summed E-state index contributed by atoms with van der Waals surface area (Å²) in [4.78, 5) is 25.9. The van der Waals surface area contributed by atoms with Crippen LogP contribution in [-0.2, 0) is 6.42 Å². The molecule has 1 fully saturated rings. The molecule has 6 nitrogen and oxygen atoms in total. The van der Waals surface area contributed by atoms with Crippen molar-refractivity contribution in [2.24, 2.45) is 0 Å². The van der Waals surface area contributed by atoms with Crippen LogP contribution in [0, 0.1) is 9.39 Å². The van der Waals surface area contributed by atoms with Crippen molar-refractivity contribution in [1.82, 2.24) is 15.1 Å². The Hall–Kier alpha value is -1.68. The number of rotatable bonds is 1. The first kappa shape index (κ1) is 16.8. The topological polar surface area (TPSA) is 78.1 Å². The van der Waals surface area contributed by atoms with Crippen molar-refractivity contribution in [3.05, 3.63) is 54.2 Å². The Kier molecular flexibility index (Phi) is 4.19. The normalized spacial score (nSPS) is 21.2. The highest BCUT2D eigenvalue weighted by Crippen LogP contribution is 2.42. The first-order valence-corrected chi connectivity index (χ1v) is 9.22. The molecule has 2 atom stereocenters. The van der Waals surface area contributed by atoms with Crippen LogP contribution < -0.4 is 10.9 Å². The standard InChI is InChI=1S/C16H13ClFIN4O2/c17-9-5-12(10(18)6-11(9)19)20-16(25)23-8-1-2-13(23)15-7(3-8)4-14(24)21-22-15/h4-6,8,13H,1-3H2,(H,20,25)(H,21,24). The van der Waals surface area contributed by atoms with Gasteiger partial charge in [0.25, 0.3) is 5.56 Å². The SMILES string of the molecule is O=C(Nc1cc(Cl)c(I)cc1F)N1C2CCC1c1n[nH]c(=O)cc1C2. The molecule has 3 heterocycles. The van der Waals surface area contributed by atoms with Crippen LogP contribution in [-0.4, -0.2) is 27.2 Å². The van der Waals surface area contributed by atoms with Crippen LogP contribution in [0.2, 0.25) is 5.02 Å². The van der Waals surface area contributed by atoms with E-state index in [9.17, 15) is 14.0 Å². The second kappa shape index (κ2) is 6.24. The minimum absolute atomic E-state index is 0.0246. The quantitative estimate of drug-likeness (QED) is 0.491. The Morgan fingerprint density at radius 1 is 1.40 bits per heavy atom. The summed E-state index contributed by atoms with van der Waals surface area (Å²) in [6.45, 7) is 0. The third kappa shape index (κ3) is 2.91. The maximum absolute atomic E-state index is 14.1.